The summed E-state index contributed by atoms with van der Waals surface area (Å²) in [6.45, 7) is 0.678. The maximum Gasteiger partial charge on any atom is 0.268 e. The lowest BCUT2D eigenvalue weighted by Gasteiger charge is -2.17. The Balaban J connectivity index is 2.00. The number of anilines is 2. The molecule has 92 valence electrons. The lowest BCUT2D eigenvalue weighted by atomic mass is 10.1. The quantitative estimate of drug-likeness (QED) is 0.815. The van der Waals surface area contributed by atoms with Crippen molar-refractivity contribution < 1.29 is 4.79 Å². The lowest BCUT2D eigenvalue weighted by molar-refractivity contribution is 0.0993. The molecule has 0 atom stereocenters. The number of fused-ring (bicyclic) bond motifs is 1. The second-order valence-electron chi connectivity index (χ2n) is 4.17. The molecule has 0 fully saturated rings. The zero-order valence-electron chi connectivity index (χ0n) is 9.52. The van der Waals surface area contributed by atoms with Crippen LogP contribution in [0.4, 0.5) is 11.4 Å². The molecule has 0 saturated heterocycles. The van der Waals surface area contributed by atoms with E-state index >= 15 is 0 Å². The Morgan fingerprint density at radius 3 is 2.89 bits per heavy atom. The van der Waals surface area contributed by atoms with Gasteiger partial charge < -0.3 is 10.6 Å². The van der Waals surface area contributed by atoms with E-state index in [-0.39, 0.29) is 5.91 Å². The fourth-order valence-corrected chi connectivity index (χ4v) is 3.24. The maximum atomic E-state index is 12.4. The second kappa shape index (κ2) is 4.30. The average molecular weight is 279 g/mol. The van der Waals surface area contributed by atoms with Crippen LogP contribution in [-0.2, 0) is 6.42 Å². The van der Waals surface area contributed by atoms with Crippen molar-refractivity contribution in [1.82, 2.24) is 0 Å². The van der Waals surface area contributed by atoms with Crippen LogP contribution in [0.3, 0.4) is 0 Å². The van der Waals surface area contributed by atoms with Crippen molar-refractivity contribution >= 4 is 40.2 Å². The first kappa shape index (κ1) is 11.6. The molecule has 3 rings (SSSR count). The Hall–Kier alpha value is -1.52. The van der Waals surface area contributed by atoms with Gasteiger partial charge in [0.2, 0.25) is 0 Å². The van der Waals surface area contributed by atoms with Crippen LogP contribution in [0.25, 0.3) is 0 Å². The van der Waals surface area contributed by atoms with E-state index < -0.39 is 0 Å². The zero-order chi connectivity index (χ0) is 12.7. The molecular formula is C13H11ClN2OS. The van der Waals surface area contributed by atoms with E-state index in [2.05, 4.69) is 0 Å². The molecule has 2 N–H and O–H groups in total. The summed E-state index contributed by atoms with van der Waals surface area (Å²) in [7, 11) is 0. The number of halogens is 1. The molecule has 0 spiro atoms. The highest BCUT2D eigenvalue weighted by molar-refractivity contribution is 7.18. The van der Waals surface area contributed by atoms with E-state index in [9.17, 15) is 4.79 Å². The second-order valence-corrected chi connectivity index (χ2v) is 5.88. The average Bonchev–Trinajstić information content (AvgIpc) is 2.95. The third-order valence-electron chi connectivity index (χ3n) is 3.05. The topological polar surface area (TPSA) is 46.3 Å². The van der Waals surface area contributed by atoms with Crippen LogP contribution < -0.4 is 10.6 Å². The third-order valence-corrected chi connectivity index (χ3v) is 4.27. The van der Waals surface area contributed by atoms with Gasteiger partial charge in [-0.25, -0.2) is 0 Å². The van der Waals surface area contributed by atoms with E-state index in [0.29, 0.717) is 21.4 Å². The van der Waals surface area contributed by atoms with E-state index in [4.69, 9.17) is 17.3 Å². The van der Waals surface area contributed by atoms with Crippen LogP contribution in [0.15, 0.2) is 30.3 Å². The predicted octanol–water partition coefficient (Wildman–Crippen LogP) is 3.19. The molecule has 1 aliphatic heterocycles. The van der Waals surface area contributed by atoms with Crippen molar-refractivity contribution in [2.45, 2.75) is 6.42 Å². The summed E-state index contributed by atoms with van der Waals surface area (Å²) in [5.41, 5.74) is 8.60. The minimum Gasteiger partial charge on any atom is -0.397 e. The summed E-state index contributed by atoms with van der Waals surface area (Å²) in [6, 6.07) is 9.26. The first-order valence-electron chi connectivity index (χ1n) is 5.61. The number of nitrogen functional groups attached to an aromatic ring is 1. The van der Waals surface area contributed by atoms with Gasteiger partial charge in [-0.3, -0.25) is 4.79 Å². The van der Waals surface area contributed by atoms with Crippen LogP contribution in [0.5, 0.6) is 0 Å². The molecule has 5 heteroatoms. The Kier molecular flexibility index (Phi) is 2.76. The van der Waals surface area contributed by atoms with Crippen LogP contribution in [0.2, 0.25) is 4.34 Å². The smallest absolute Gasteiger partial charge is 0.268 e. The Labute approximate surface area is 114 Å². The molecular weight excluding hydrogens is 268 g/mol. The van der Waals surface area contributed by atoms with Crippen molar-refractivity contribution in [3.63, 3.8) is 0 Å². The fourth-order valence-electron chi connectivity index (χ4n) is 2.25. The molecule has 2 heterocycles. The fraction of sp³-hybridized carbons (Fsp3) is 0.154. The monoisotopic (exact) mass is 278 g/mol. The molecule has 1 aliphatic rings. The number of nitrogens with zero attached hydrogens (tertiary/aromatic N) is 1. The van der Waals surface area contributed by atoms with E-state index in [1.165, 1.54) is 11.3 Å². The highest BCUT2D eigenvalue weighted by Gasteiger charge is 2.28. The standard InChI is InChI=1S/C13H11ClN2OS/c14-11-5-4-10(18-11)13(17)16-7-6-8-2-1-3-9(15)12(8)16/h1-5H,6-7,15H2. The number of benzene rings is 1. The Morgan fingerprint density at radius 2 is 2.17 bits per heavy atom. The molecule has 0 bridgehead atoms. The summed E-state index contributed by atoms with van der Waals surface area (Å²) in [5.74, 6) is -0.0245. The number of thiophene rings is 1. The highest BCUT2D eigenvalue weighted by Crippen LogP contribution is 2.35. The number of carbonyl (C=O) groups excluding carboxylic acids is 1. The molecule has 2 aromatic rings. The molecule has 0 aliphatic carbocycles. The van der Waals surface area contributed by atoms with Crippen molar-refractivity contribution in [2.24, 2.45) is 0 Å². The predicted molar refractivity (Wildman–Crippen MR) is 75.6 cm³/mol. The van der Waals surface area contributed by atoms with Crippen molar-refractivity contribution in [1.29, 1.82) is 0 Å². The van der Waals surface area contributed by atoms with Crippen LogP contribution in [0, 0.1) is 0 Å². The largest absolute Gasteiger partial charge is 0.397 e. The molecule has 0 unspecified atom stereocenters. The minimum atomic E-state index is -0.0245. The summed E-state index contributed by atoms with van der Waals surface area (Å²) in [6.07, 6.45) is 0.852. The van der Waals surface area contributed by atoms with Crippen molar-refractivity contribution in [3.8, 4) is 0 Å². The molecule has 3 nitrogen and oxygen atoms in total. The van der Waals surface area contributed by atoms with Crippen molar-refractivity contribution in [2.75, 3.05) is 17.2 Å². The summed E-state index contributed by atoms with van der Waals surface area (Å²) in [4.78, 5) is 14.8. The molecule has 0 saturated carbocycles. The molecule has 1 aromatic heterocycles. The molecule has 1 aromatic carbocycles. The molecule has 18 heavy (non-hydrogen) atoms. The van der Waals surface area contributed by atoms with Gasteiger partial charge in [0.1, 0.15) is 0 Å². The number of nitrogens with two attached hydrogens (primary N) is 1. The number of para-hydroxylation sites is 1. The van der Waals surface area contributed by atoms with Gasteiger partial charge in [0.15, 0.2) is 0 Å². The van der Waals surface area contributed by atoms with Gasteiger partial charge >= 0.3 is 0 Å². The number of hydrogen-bond acceptors (Lipinski definition) is 3. The number of hydrogen-bond donors (Lipinski definition) is 1. The SMILES string of the molecule is Nc1cccc2c1N(C(=O)c1ccc(Cl)s1)CC2. The first-order valence-corrected chi connectivity index (χ1v) is 6.81. The summed E-state index contributed by atoms with van der Waals surface area (Å²) in [5, 5.41) is 0. The van der Waals surface area contributed by atoms with Gasteiger partial charge in [-0.2, -0.15) is 0 Å². The van der Waals surface area contributed by atoms with E-state index in [0.717, 1.165) is 17.7 Å². The van der Waals surface area contributed by atoms with Crippen LogP contribution in [0.1, 0.15) is 15.2 Å². The Bertz CT molecular complexity index is 623. The number of amides is 1. The summed E-state index contributed by atoms with van der Waals surface area (Å²) < 4.78 is 0.624. The molecule has 0 radical (unpaired) electrons. The summed E-state index contributed by atoms with van der Waals surface area (Å²) >= 11 is 7.16. The van der Waals surface area contributed by atoms with Gasteiger partial charge in [0, 0.05) is 6.54 Å². The normalized spacial score (nSPS) is 13.7. The zero-order valence-corrected chi connectivity index (χ0v) is 11.1. The minimum absolute atomic E-state index is 0.0245. The number of rotatable bonds is 1. The van der Waals surface area contributed by atoms with Gasteiger partial charge in [-0.1, -0.05) is 23.7 Å². The molecule has 1 amide bonds. The third kappa shape index (κ3) is 1.78. The van der Waals surface area contributed by atoms with Gasteiger partial charge in [-0.05, 0) is 30.2 Å². The van der Waals surface area contributed by atoms with Crippen LogP contribution in [-0.4, -0.2) is 12.5 Å². The number of carbonyl (C=O) groups is 1. The highest BCUT2D eigenvalue weighted by atomic mass is 35.5. The van der Waals surface area contributed by atoms with E-state index in [1.54, 1.807) is 17.0 Å². The van der Waals surface area contributed by atoms with Gasteiger partial charge in [0.05, 0.1) is 20.6 Å². The Morgan fingerprint density at radius 1 is 1.33 bits per heavy atom. The lowest BCUT2D eigenvalue weighted by Crippen LogP contribution is -2.28. The van der Waals surface area contributed by atoms with Gasteiger partial charge in [-0.15, -0.1) is 11.3 Å². The van der Waals surface area contributed by atoms with Crippen LogP contribution >= 0.6 is 22.9 Å². The van der Waals surface area contributed by atoms with Crippen molar-refractivity contribution in [3.05, 3.63) is 45.1 Å². The van der Waals surface area contributed by atoms with E-state index in [1.807, 2.05) is 18.2 Å². The van der Waals surface area contributed by atoms with Gasteiger partial charge in [0.25, 0.3) is 5.91 Å². The first-order chi connectivity index (χ1) is 8.66. The maximum absolute atomic E-state index is 12.4.